The van der Waals surface area contributed by atoms with Crippen LogP contribution in [0.1, 0.15) is 39.9 Å². The van der Waals surface area contributed by atoms with Crippen molar-refractivity contribution in [2.45, 2.75) is 43.4 Å². The van der Waals surface area contributed by atoms with Gasteiger partial charge in [-0.15, -0.1) is 0 Å². The lowest BCUT2D eigenvalue weighted by molar-refractivity contribution is 0.0519. The molecule has 1 heterocycles. The Hall–Kier alpha value is -3.24. The lowest BCUT2D eigenvalue weighted by atomic mass is 10.1. The highest BCUT2D eigenvalue weighted by molar-refractivity contribution is 7.91. The Morgan fingerprint density at radius 3 is 1.75 bits per heavy atom. The van der Waals surface area contributed by atoms with Crippen LogP contribution in [0.3, 0.4) is 0 Å². The van der Waals surface area contributed by atoms with Crippen LogP contribution >= 0.6 is 0 Å². The van der Waals surface area contributed by atoms with Crippen molar-refractivity contribution in [1.82, 2.24) is 0 Å². The number of esters is 1. The third-order valence-corrected chi connectivity index (χ3v) is 8.99. The molecule has 0 unspecified atom stereocenters. The maximum Gasteiger partial charge on any atom is 0.345 e. The SMILES string of the molecule is CCOC(=O)c1c(CCS(=O)(=O)c2ccc(C)cc2)oc(CCS(=O)(=O)c2ccc(C)cc2)cc1=O. The predicted octanol–water partition coefficient (Wildman–Crippen LogP) is 3.47. The van der Waals surface area contributed by atoms with Crippen LogP contribution in [0.15, 0.2) is 73.6 Å². The average Bonchev–Trinajstić information content (AvgIpc) is 2.82. The van der Waals surface area contributed by atoms with Crippen molar-refractivity contribution in [3.63, 3.8) is 0 Å². The van der Waals surface area contributed by atoms with E-state index in [0.717, 1.165) is 17.2 Å². The van der Waals surface area contributed by atoms with E-state index < -0.39 is 36.8 Å². The second-order valence-corrected chi connectivity index (χ2v) is 12.6. The number of rotatable bonds is 10. The molecule has 3 rings (SSSR count). The van der Waals surface area contributed by atoms with Gasteiger partial charge in [-0.05, 0) is 45.0 Å². The molecule has 0 amide bonds. The highest BCUT2D eigenvalue weighted by atomic mass is 32.2. The molecule has 36 heavy (non-hydrogen) atoms. The van der Waals surface area contributed by atoms with Crippen LogP contribution in [-0.4, -0.2) is 40.9 Å². The number of ether oxygens (including phenoxy) is 1. The summed E-state index contributed by atoms with van der Waals surface area (Å²) in [6, 6.07) is 13.8. The van der Waals surface area contributed by atoms with Crippen LogP contribution in [0.2, 0.25) is 0 Å². The first kappa shape index (κ1) is 27.3. The molecule has 192 valence electrons. The summed E-state index contributed by atoms with van der Waals surface area (Å²) < 4.78 is 61.7. The zero-order chi connectivity index (χ0) is 26.5. The lowest BCUT2D eigenvalue weighted by Crippen LogP contribution is -2.22. The third kappa shape index (κ3) is 6.70. The smallest absolute Gasteiger partial charge is 0.345 e. The van der Waals surface area contributed by atoms with E-state index >= 15 is 0 Å². The van der Waals surface area contributed by atoms with Crippen LogP contribution in [0.5, 0.6) is 0 Å². The summed E-state index contributed by atoms with van der Waals surface area (Å²) in [5, 5.41) is 0. The van der Waals surface area contributed by atoms with Crippen LogP contribution in [-0.2, 0) is 37.3 Å². The van der Waals surface area contributed by atoms with Gasteiger partial charge in [-0.1, -0.05) is 35.4 Å². The average molecular weight is 533 g/mol. The molecule has 0 fully saturated rings. The number of sulfone groups is 2. The van der Waals surface area contributed by atoms with Gasteiger partial charge >= 0.3 is 5.97 Å². The molecule has 0 saturated heterocycles. The van der Waals surface area contributed by atoms with Gasteiger partial charge in [0.25, 0.3) is 0 Å². The maximum atomic E-state index is 12.8. The van der Waals surface area contributed by atoms with Crippen LogP contribution in [0.4, 0.5) is 0 Å². The van der Waals surface area contributed by atoms with Crippen molar-refractivity contribution in [2.75, 3.05) is 18.1 Å². The molecular weight excluding hydrogens is 504 g/mol. The van der Waals surface area contributed by atoms with Gasteiger partial charge in [0.2, 0.25) is 0 Å². The molecular formula is C26H28O8S2. The quantitative estimate of drug-likeness (QED) is 0.364. The summed E-state index contributed by atoms with van der Waals surface area (Å²) in [7, 11) is -7.40. The molecule has 8 nitrogen and oxygen atoms in total. The molecule has 0 saturated carbocycles. The Morgan fingerprint density at radius 1 is 0.806 bits per heavy atom. The molecule has 0 aliphatic carbocycles. The monoisotopic (exact) mass is 532 g/mol. The summed E-state index contributed by atoms with van der Waals surface area (Å²) in [6.45, 7) is 5.26. The topological polar surface area (TPSA) is 125 Å². The molecule has 0 aliphatic rings. The molecule has 0 N–H and O–H groups in total. The highest BCUT2D eigenvalue weighted by Gasteiger charge is 2.24. The largest absolute Gasteiger partial charge is 0.465 e. The number of benzene rings is 2. The second-order valence-electron chi connectivity index (χ2n) is 8.36. The van der Waals surface area contributed by atoms with E-state index in [2.05, 4.69) is 0 Å². The van der Waals surface area contributed by atoms with Crippen molar-refractivity contribution in [3.05, 3.63) is 93.0 Å². The van der Waals surface area contributed by atoms with Gasteiger partial charge in [0, 0.05) is 18.9 Å². The van der Waals surface area contributed by atoms with Crippen molar-refractivity contribution in [3.8, 4) is 0 Å². The van der Waals surface area contributed by atoms with Crippen LogP contribution < -0.4 is 5.43 Å². The van der Waals surface area contributed by atoms with Gasteiger partial charge in [0.05, 0.1) is 27.9 Å². The molecule has 3 aromatic rings. The zero-order valence-electron chi connectivity index (χ0n) is 20.3. The molecule has 0 radical (unpaired) electrons. The fourth-order valence-electron chi connectivity index (χ4n) is 3.50. The predicted molar refractivity (Wildman–Crippen MR) is 135 cm³/mol. The molecule has 2 aromatic carbocycles. The number of aryl methyl sites for hydroxylation is 4. The summed E-state index contributed by atoms with van der Waals surface area (Å²) in [5.74, 6) is -1.80. The minimum absolute atomic E-state index is 0.00984. The molecule has 0 atom stereocenters. The minimum Gasteiger partial charge on any atom is -0.465 e. The first-order valence-electron chi connectivity index (χ1n) is 11.3. The summed E-state index contributed by atoms with van der Waals surface area (Å²) in [6.07, 6.45) is -0.398. The molecule has 0 bridgehead atoms. The van der Waals surface area contributed by atoms with Crippen molar-refractivity contribution >= 4 is 25.6 Å². The Morgan fingerprint density at radius 2 is 1.28 bits per heavy atom. The van der Waals surface area contributed by atoms with E-state index in [0.29, 0.717) is 0 Å². The van der Waals surface area contributed by atoms with E-state index in [-0.39, 0.29) is 52.1 Å². The van der Waals surface area contributed by atoms with E-state index in [1.54, 1.807) is 31.2 Å². The standard InChI is InChI=1S/C26H28O8S2/c1-4-33-26(28)25-23(27)17-20(13-15-35(29,30)21-9-5-18(2)6-10-21)34-24(25)14-16-36(31,32)22-11-7-19(3)8-12-22/h5-12,17H,4,13-16H2,1-3H3. The molecule has 10 heteroatoms. The Kier molecular flexibility index (Phi) is 8.52. The third-order valence-electron chi connectivity index (χ3n) is 5.53. The van der Waals surface area contributed by atoms with E-state index in [1.165, 1.54) is 24.3 Å². The van der Waals surface area contributed by atoms with Crippen molar-refractivity contribution in [2.24, 2.45) is 0 Å². The summed E-state index contributed by atoms with van der Waals surface area (Å²) in [5.41, 5.74) is 0.712. The van der Waals surface area contributed by atoms with Crippen LogP contribution in [0, 0.1) is 13.8 Å². The fraction of sp³-hybridized carbons (Fsp3) is 0.308. The summed E-state index contributed by atoms with van der Waals surface area (Å²) in [4.78, 5) is 25.5. The minimum atomic E-state index is -3.74. The fourth-order valence-corrected chi connectivity index (χ4v) is 6.00. The number of carbonyl (C=O) groups excluding carboxylic acids is 1. The van der Waals surface area contributed by atoms with Crippen LogP contribution in [0.25, 0.3) is 0 Å². The highest BCUT2D eigenvalue weighted by Crippen LogP contribution is 2.18. The second kappa shape index (κ2) is 11.2. The Labute approximate surface area is 210 Å². The number of hydrogen-bond acceptors (Lipinski definition) is 8. The van der Waals surface area contributed by atoms with Gasteiger partial charge in [0.15, 0.2) is 25.1 Å². The summed E-state index contributed by atoms with van der Waals surface area (Å²) >= 11 is 0. The van der Waals surface area contributed by atoms with E-state index in [1.807, 2.05) is 13.8 Å². The van der Waals surface area contributed by atoms with Crippen molar-refractivity contribution in [1.29, 1.82) is 0 Å². The van der Waals surface area contributed by atoms with Crippen molar-refractivity contribution < 1.29 is 30.8 Å². The maximum absolute atomic E-state index is 12.8. The first-order valence-corrected chi connectivity index (χ1v) is 14.7. The van der Waals surface area contributed by atoms with Gasteiger partial charge in [0.1, 0.15) is 17.1 Å². The molecule has 1 aromatic heterocycles. The molecule has 0 aliphatic heterocycles. The lowest BCUT2D eigenvalue weighted by Gasteiger charge is -2.11. The number of carbonyl (C=O) groups is 1. The van der Waals surface area contributed by atoms with Gasteiger partial charge in [-0.3, -0.25) is 4.79 Å². The van der Waals surface area contributed by atoms with E-state index in [4.69, 9.17) is 9.15 Å². The van der Waals surface area contributed by atoms with Gasteiger partial charge in [-0.2, -0.15) is 0 Å². The Balaban J connectivity index is 1.89. The first-order chi connectivity index (χ1) is 16.9. The Bertz CT molecular complexity index is 1500. The molecule has 0 spiro atoms. The zero-order valence-corrected chi connectivity index (χ0v) is 21.9. The van der Waals surface area contributed by atoms with Gasteiger partial charge < -0.3 is 9.15 Å². The van der Waals surface area contributed by atoms with E-state index in [9.17, 15) is 26.4 Å². The normalized spacial score (nSPS) is 11.9. The number of hydrogen-bond donors (Lipinski definition) is 0. The van der Waals surface area contributed by atoms with Gasteiger partial charge in [-0.25, -0.2) is 21.6 Å².